The molecule has 0 aliphatic carbocycles. The second-order valence-electron chi connectivity index (χ2n) is 4.64. The van der Waals surface area contributed by atoms with E-state index < -0.39 is 10.0 Å². The quantitative estimate of drug-likeness (QED) is 0.854. The number of nitrogens with zero attached hydrogens (tertiary/aromatic N) is 1. The van der Waals surface area contributed by atoms with Crippen LogP contribution in [0, 0.1) is 0 Å². The highest BCUT2D eigenvalue weighted by molar-refractivity contribution is 7.94. The first-order valence-corrected chi connectivity index (χ1v) is 9.37. The molecule has 0 unspecified atom stereocenters. The summed E-state index contributed by atoms with van der Waals surface area (Å²) in [6, 6.07) is 1.68. The van der Waals surface area contributed by atoms with Crippen LogP contribution in [0.15, 0.2) is 21.0 Å². The Hall–Kier alpha value is -0.960. The van der Waals surface area contributed by atoms with E-state index in [-0.39, 0.29) is 5.92 Å². The van der Waals surface area contributed by atoms with Crippen molar-refractivity contribution in [3.63, 3.8) is 0 Å². The van der Waals surface area contributed by atoms with Gasteiger partial charge >= 0.3 is 0 Å². The molecular formula is C12H17N3O2S3. The van der Waals surface area contributed by atoms with Crippen LogP contribution < -0.4 is 10.0 Å². The number of rotatable bonds is 6. The lowest BCUT2D eigenvalue weighted by atomic mass is 10.2. The lowest BCUT2D eigenvalue weighted by Crippen LogP contribution is -2.11. The molecule has 110 valence electrons. The Balaban J connectivity index is 2.16. The maximum atomic E-state index is 12.2. The van der Waals surface area contributed by atoms with E-state index in [4.69, 9.17) is 0 Å². The summed E-state index contributed by atoms with van der Waals surface area (Å²) in [5.41, 5.74) is 1.86. The largest absolute Gasteiger partial charge is 0.316 e. The van der Waals surface area contributed by atoms with Crippen LogP contribution in [0.5, 0.6) is 0 Å². The molecule has 20 heavy (non-hydrogen) atoms. The first kappa shape index (κ1) is 15.4. The van der Waals surface area contributed by atoms with Crippen molar-refractivity contribution in [1.29, 1.82) is 0 Å². The molecule has 2 aromatic heterocycles. The van der Waals surface area contributed by atoms with Gasteiger partial charge in [-0.3, -0.25) is 4.72 Å². The van der Waals surface area contributed by atoms with Crippen LogP contribution in [0.25, 0.3) is 0 Å². The molecule has 0 saturated carbocycles. The summed E-state index contributed by atoms with van der Waals surface area (Å²) < 4.78 is 27.3. The van der Waals surface area contributed by atoms with Gasteiger partial charge < -0.3 is 5.32 Å². The number of thiazole rings is 1. The van der Waals surface area contributed by atoms with Gasteiger partial charge in [-0.1, -0.05) is 13.8 Å². The van der Waals surface area contributed by atoms with Gasteiger partial charge in [-0.25, -0.2) is 13.4 Å². The summed E-state index contributed by atoms with van der Waals surface area (Å²) >= 11 is 2.52. The molecule has 2 rings (SSSR count). The zero-order valence-corrected chi connectivity index (χ0v) is 14.0. The molecule has 0 aliphatic heterocycles. The van der Waals surface area contributed by atoms with Crippen LogP contribution in [-0.2, 0) is 16.6 Å². The molecule has 0 fully saturated rings. The Labute approximate surface area is 127 Å². The van der Waals surface area contributed by atoms with Crippen molar-refractivity contribution in [2.75, 3.05) is 11.8 Å². The highest BCUT2D eigenvalue weighted by atomic mass is 32.2. The first-order valence-electron chi connectivity index (χ1n) is 6.12. The third-order valence-corrected chi connectivity index (χ3v) is 6.34. The highest BCUT2D eigenvalue weighted by Gasteiger charge is 2.19. The van der Waals surface area contributed by atoms with E-state index in [1.54, 1.807) is 6.07 Å². The van der Waals surface area contributed by atoms with Crippen molar-refractivity contribution in [2.45, 2.75) is 30.5 Å². The Morgan fingerprint density at radius 1 is 1.30 bits per heavy atom. The first-order chi connectivity index (χ1) is 9.42. The summed E-state index contributed by atoms with van der Waals surface area (Å²) in [5, 5.41) is 7.13. The summed E-state index contributed by atoms with van der Waals surface area (Å²) in [4.78, 5) is 4.28. The molecule has 2 heterocycles. The van der Waals surface area contributed by atoms with Gasteiger partial charge in [-0.05, 0) is 30.0 Å². The van der Waals surface area contributed by atoms with Crippen molar-refractivity contribution >= 4 is 37.8 Å². The molecule has 0 bridgehead atoms. The number of nitrogens with one attached hydrogen (secondary N) is 2. The van der Waals surface area contributed by atoms with Gasteiger partial charge in [0.05, 0.1) is 5.69 Å². The normalized spacial score (nSPS) is 12.0. The van der Waals surface area contributed by atoms with Crippen LogP contribution in [-0.4, -0.2) is 20.4 Å². The van der Waals surface area contributed by atoms with Gasteiger partial charge in [0.25, 0.3) is 10.0 Å². The second kappa shape index (κ2) is 6.21. The van der Waals surface area contributed by atoms with Gasteiger partial charge in [0.1, 0.15) is 4.21 Å². The van der Waals surface area contributed by atoms with Gasteiger partial charge in [-0.2, -0.15) is 0 Å². The fraction of sp³-hybridized carbons (Fsp3) is 0.417. The van der Waals surface area contributed by atoms with Gasteiger partial charge in [-0.15, -0.1) is 22.7 Å². The molecule has 0 spiro atoms. The molecule has 0 atom stereocenters. The Kier molecular flexibility index (Phi) is 4.79. The molecule has 8 heteroatoms. The average Bonchev–Trinajstić information content (AvgIpc) is 2.98. The fourth-order valence-corrected chi connectivity index (χ4v) is 4.89. The monoisotopic (exact) mass is 331 g/mol. The number of aromatic nitrogens is 1. The minimum Gasteiger partial charge on any atom is -0.316 e. The predicted octanol–water partition coefficient (Wildman–Crippen LogP) is 2.85. The van der Waals surface area contributed by atoms with Crippen molar-refractivity contribution in [2.24, 2.45) is 0 Å². The Morgan fingerprint density at radius 3 is 2.65 bits per heavy atom. The zero-order valence-electron chi connectivity index (χ0n) is 11.5. The lowest BCUT2D eigenvalue weighted by Gasteiger charge is -2.02. The maximum absolute atomic E-state index is 12.2. The molecule has 0 radical (unpaired) electrons. The molecule has 0 aliphatic rings. The second-order valence-corrected chi connectivity index (χ2v) is 8.32. The van der Waals surface area contributed by atoms with E-state index in [0.29, 0.717) is 15.9 Å². The number of anilines is 1. The van der Waals surface area contributed by atoms with Crippen LogP contribution in [0.2, 0.25) is 0 Å². The molecule has 0 aromatic carbocycles. The van der Waals surface area contributed by atoms with Crippen LogP contribution in [0.1, 0.15) is 31.0 Å². The molecule has 0 amide bonds. The number of hydrogen-bond donors (Lipinski definition) is 2. The Bertz CT molecular complexity index is 674. The van der Waals surface area contributed by atoms with E-state index >= 15 is 0 Å². The van der Waals surface area contributed by atoms with Crippen LogP contribution in [0.3, 0.4) is 0 Å². The zero-order chi connectivity index (χ0) is 14.8. The van der Waals surface area contributed by atoms with E-state index in [0.717, 1.165) is 11.3 Å². The third kappa shape index (κ3) is 3.57. The van der Waals surface area contributed by atoms with E-state index in [1.807, 2.05) is 31.7 Å². The maximum Gasteiger partial charge on any atom is 0.273 e. The summed E-state index contributed by atoms with van der Waals surface area (Å²) in [6.07, 6.45) is 0. The fourth-order valence-electron chi connectivity index (χ4n) is 1.55. The standard InChI is InChI=1S/C12H17N3O2S3/c1-8(2)10-7-19-12(14-10)15-20(16,17)11-4-9(5-13-3)6-18-11/h4,6-8,13H,5H2,1-3H3,(H,14,15). The van der Waals surface area contributed by atoms with Gasteiger partial charge in [0, 0.05) is 11.9 Å². The molecule has 2 N–H and O–H groups in total. The molecular weight excluding hydrogens is 314 g/mol. The van der Waals surface area contributed by atoms with Crippen molar-refractivity contribution in [3.8, 4) is 0 Å². The SMILES string of the molecule is CNCc1csc(S(=O)(=O)Nc2nc(C(C)C)cs2)c1. The van der Waals surface area contributed by atoms with Gasteiger partial charge in [0.2, 0.25) is 0 Å². The third-order valence-electron chi connectivity index (χ3n) is 2.61. The van der Waals surface area contributed by atoms with Crippen molar-refractivity contribution in [3.05, 3.63) is 28.1 Å². The summed E-state index contributed by atoms with van der Waals surface area (Å²) in [7, 11) is -1.71. The minimum atomic E-state index is -3.53. The van der Waals surface area contributed by atoms with E-state index in [1.165, 1.54) is 22.7 Å². The molecule has 0 saturated heterocycles. The number of sulfonamides is 1. The molecule has 2 aromatic rings. The van der Waals surface area contributed by atoms with E-state index in [9.17, 15) is 8.42 Å². The average molecular weight is 331 g/mol. The topological polar surface area (TPSA) is 71.1 Å². The smallest absolute Gasteiger partial charge is 0.273 e. The minimum absolute atomic E-state index is 0.286. The van der Waals surface area contributed by atoms with Gasteiger partial charge in [0.15, 0.2) is 5.13 Å². The van der Waals surface area contributed by atoms with Crippen molar-refractivity contribution < 1.29 is 8.42 Å². The van der Waals surface area contributed by atoms with Crippen LogP contribution >= 0.6 is 22.7 Å². The van der Waals surface area contributed by atoms with E-state index in [2.05, 4.69) is 15.0 Å². The number of hydrogen-bond acceptors (Lipinski definition) is 6. The predicted molar refractivity (Wildman–Crippen MR) is 84.1 cm³/mol. The highest BCUT2D eigenvalue weighted by Crippen LogP contribution is 2.26. The van der Waals surface area contributed by atoms with Crippen molar-refractivity contribution in [1.82, 2.24) is 10.3 Å². The Morgan fingerprint density at radius 2 is 2.05 bits per heavy atom. The number of thiophene rings is 1. The van der Waals surface area contributed by atoms with Crippen LogP contribution in [0.4, 0.5) is 5.13 Å². The molecule has 5 nitrogen and oxygen atoms in total. The summed E-state index contributed by atoms with van der Waals surface area (Å²) in [5.74, 6) is 0.286. The lowest BCUT2D eigenvalue weighted by molar-refractivity contribution is 0.603. The summed E-state index contributed by atoms with van der Waals surface area (Å²) in [6.45, 7) is 4.70.